The Morgan fingerprint density at radius 2 is 2.05 bits per heavy atom. The molecule has 108 valence electrons. The smallest absolute Gasteiger partial charge is 0.231 e. The predicted octanol–water partition coefficient (Wildman–Crippen LogP) is 2.53. The first kappa shape index (κ1) is 15.3. The van der Waals surface area contributed by atoms with Crippen molar-refractivity contribution in [1.29, 1.82) is 0 Å². The first-order chi connectivity index (χ1) is 9.45. The average molecular weight is 315 g/mol. The van der Waals surface area contributed by atoms with Crippen molar-refractivity contribution in [3.05, 3.63) is 45.5 Å². The van der Waals surface area contributed by atoms with Gasteiger partial charge in [-0.1, -0.05) is 34.4 Å². The van der Waals surface area contributed by atoms with Crippen molar-refractivity contribution in [3.8, 4) is 0 Å². The number of hydrogen-bond donors (Lipinski definition) is 1. The molecule has 2 rings (SSSR count). The van der Waals surface area contributed by atoms with E-state index in [2.05, 4.69) is 10.1 Å². The van der Waals surface area contributed by atoms with Gasteiger partial charge in [-0.05, 0) is 31.8 Å². The van der Waals surface area contributed by atoms with Crippen LogP contribution in [0, 0.1) is 0 Å². The van der Waals surface area contributed by atoms with Gasteiger partial charge in [0.2, 0.25) is 5.89 Å². The van der Waals surface area contributed by atoms with E-state index in [1.807, 2.05) is 25.1 Å². The maximum atomic E-state index is 5.98. The van der Waals surface area contributed by atoms with Gasteiger partial charge in [0.05, 0.1) is 22.5 Å². The third-order valence-electron chi connectivity index (χ3n) is 2.72. The molecule has 0 spiro atoms. The van der Waals surface area contributed by atoms with Crippen LogP contribution in [0.2, 0.25) is 10.0 Å². The van der Waals surface area contributed by atoms with Crippen molar-refractivity contribution in [2.24, 2.45) is 5.73 Å². The molecular formula is C13H16Cl2N4O. The van der Waals surface area contributed by atoms with Crippen LogP contribution in [0.4, 0.5) is 0 Å². The fraction of sp³-hybridized carbons (Fsp3) is 0.385. The molecule has 0 saturated carbocycles. The molecule has 1 unspecified atom stereocenters. The molecular weight excluding hydrogens is 299 g/mol. The van der Waals surface area contributed by atoms with Gasteiger partial charge in [0.25, 0.3) is 0 Å². The number of aromatic nitrogens is 2. The zero-order valence-electron chi connectivity index (χ0n) is 11.3. The second-order valence-electron chi connectivity index (χ2n) is 4.84. The van der Waals surface area contributed by atoms with Gasteiger partial charge in [-0.3, -0.25) is 0 Å². The summed E-state index contributed by atoms with van der Waals surface area (Å²) in [4.78, 5) is 6.28. The van der Waals surface area contributed by atoms with Crippen molar-refractivity contribution in [2.45, 2.75) is 12.5 Å². The highest BCUT2D eigenvalue weighted by atomic mass is 35.5. The van der Waals surface area contributed by atoms with Crippen LogP contribution in [-0.4, -0.2) is 35.7 Å². The topological polar surface area (TPSA) is 68.2 Å². The molecule has 5 nitrogen and oxygen atoms in total. The normalized spacial score (nSPS) is 12.9. The molecule has 0 aliphatic carbocycles. The van der Waals surface area contributed by atoms with Gasteiger partial charge in [0.15, 0.2) is 5.82 Å². The summed E-state index contributed by atoms with van der Waals surface area (Å²) in [5.41, 5.74) is 6.94. The molecule has 0 aliphatic rings. The summed E-state index contributed by atoms with van der Waals surface area (Å²) in [5.74, 6) is 1.02. The minimum Gasteiger partial charge on any atom is -0.339 e. The van der Waals surface area contributed by atoms with Crippen molar-refractivity contribution in [2.75, 3.05) is 20.6 Å². The first-order valence-electron chi connectivity index (χ1n) is 6.12. The van der Waals surface area contributed by atoms with E-state index in [1.165, 1.54) is 0 Å². The summed E-state index contributed by atoms with van der Waals surface area (Å²) in [5, 5.41) is 4.94. The lowest BCUT2D eigenvalue weighted by Gasteiger charge is -2.12. The number of nitrogens with zero attached hydrogens (tertiary/aromatic N) is 3. The summed E-state index contributed by atoms with van der Waals surface area (Å²) in [6.45, 7) is 0.658. The van der Waals surface area contributed by atoms with E-state index in [9.17, 15) is 0 Å². The van der Waals surface area contributed by atoms with Crippen molar-refractivity contribution >= 4 is 23.2 Å². The van der Waals surface area contributed by atoms with Crippen LogP contribution >= 0.6 is 23.2 Å². The van der Waals surface area contributed by atoms with Gasteiger partial charge in [0.1, 0.15) is 0 Å². The number of likely N-dealkylation sites (N-methyl/N-ethyl adjacent to an activating group) is 1. The average Bonchev–Trinajstić information content (AvgIpc) is 2.82. The second kappa shape index (κ2) is 6.54. The molecule has 2 aromatic rings. The standard InChI is InChI=1S/C13H16Cl2N4O/c1-19(2)7-11(16)13-17-12(20-18-13)6-8-3-4-9(14)10(15)5-8/h3-5,11H,6-7,16H2,1-2H3. The summed E-state index contributed by atoms with van der Waals surface area (Å²) in [6, 6.07) is 5.14. The SMILES string of the molecule is CN(C)CC(N)c1noc(Cc2ccc(Cl)c(Cl)c2)n1. The number of rotatable bonds is 5. The highest BCUT2D eigenvalue weighted by Gasteiger charge is 2.15. The lowest BCUT2D eigenvalue weighted by atomic mass is 10.1. The Morgan fingerprint density at radius 3 is 2.70 bits per heavy atom. The Hall–Kier alpha value is -1.14. The molecule has 0 fully saturated rings. The Bertz CT molecular complexity index is 586. The van der Waals surface area contributed by atoms with E-state index in [0.717, 1.165) is 5.56 Å². The second-order valence-corrected chi connectivity index (χ2v) is 5.65. The Morgan fingerprint density at radius 1 is 1.30 bits per heavy atom. The van der Waals surface area contributed by atoms with Crippen molar-refractivity contribution < 1.29 is 4.52 Å². The first-order valence-corrected chi connectivity index (χ1v) is 6.88. The van der Waals surface area contributed by atoms with Crippen LogP contribution in [0.1, 0.15) is 23.3 Å². The van der Waals surface area contributed by atoms with Gasteiger partial charge in [0, 0.05) is 6.54 Å². The molecule has 1 aromatic carbocycles. The van der Waals surface area contributed by atoms with Crippen LogP contribution in [0.5, 0.6) is 0 Å². The molecule has 1 aromatic heterocycles. The largest absolute Gasteiger partial charge is 0.339 e. The molecule has 20 heavy (non-hydrogen) atoms. The van der Waals surface area contributed by atoms with Gasteiger partial charge in [-0.2, -0.15) is 4.98 Å². The van der Waals surface area contributed by atoms with Crippen LogP contribution in [0.15, 0.2) is 22.7 Å². The molecule has 2 N–H and O–H groups in total. The Kier molecular flexibility index (Phi) is 4.99. The van der Waals surface area contributed by atoms with Gasteiger partial charge >= 0.3 is 0 Å². The van der Waals surface area contributed by atoms with E-state index < -0.39 is 0 Å². The van der Waals surface area contributed by atoms with E-state index in [4.69, 9.17) is 33.5 Å². The van der Waals surface area contributed by atoms with Crippen molar-refractivity contribution in [1.82, 2.24) is 15.0 Å². The highest BCUT2D eigenvalue weighted by molar-refractivity contribution is 6.42. The maximum absolute atomic E-state index is 5.98. The zero-order valence-corrected chi connectivity index (χ0v) is 12.8. The molecule has 1 heterocycles. The quantitative estimate of drug-likeness (QED) is 0.918. The van der Waals surface area contributed by atoms with Gasteiger partial charge in [-0.25, -0.2) is 0 Å². The van der Waals surface area contributed by atoms with E-state index in [1.54, 1.807) is 12.1 Å². The number of halogens is 2. The fourth-order valence-electron chi connectivity index (χ4n) is 1.79. The van der Waals surface area contributed by atoms with Crippen molar-refractivity contribution in [3.63, 3.8) is 0 Å². The molecule has 0 bridgehead atoms. The van der Waals surface area contributed by atoms with E-state index in [0.29, 0.717) is 34.7 Å². The van der Waals surface area contributed by atoms with Crippen LogP contribution in [0.3, 0.4) is 0 Å². The molecule has 0 aliphatic heterocycles. The predicted molar refractivity (Wildman–Crippen MR) is 79.0 cm³/mol. The van der Waals surface area contributed by atoms with Gasteiger partial charge in [-0.15, -0.1) is 0 Å². The zero-order chi connectivity index (χ0) is 14.7. The summed E-state index contributed by atoms with van der Waals surface area (Å²) in [6.07, 6.45) is 0.499. The third-order valence-corrected chi connectivity index (χ3v) is 3.46. The molecule has 0 saturated heterocycles. The number of benzene rings is 1. The third kappa shape index (κ3) is 3.93. The fourth-order valence-corrected chi connectivity index (χ4v) is 2.11. The van der Waals surface area contributed by atoms with Gasteiger partial charge < -0.3 is 15.2 Å². The van der Waals surface area contributed by atoms with Crippen LogP contribution in [-0.2, 0) is 6.42 Å². The van der Waals surface area contributed by atoms with E-state index >= 15 is 0 Å². The monoisotopic (exact) mass is 314 g/mol. The molecule has 7 heteroatoms. The van der Waals surface area contributed by atoms with E-state index in [-0.39, 0.29) is 6.04 Å². The lowest BCUT2D eigenvalue weighted by Crippen LogP contribution is -2.26. The minimum absolute atomic E-state index is 0.267. The Labute approximate surface area is 127 Å². The number of nitrogens with two attached hydrogens (primary N) is 1. The number of hydrogen-bond acceptors (Lipinski definition) is 5. The summed E-state index contributed by atoms with van der Waals surface area (Å²) < 4.78 is 5.21. The summed E-state index contributed by atoms with van der Waals surface area (Å²) >= 11 is 11.8. The molecule has 0 amide bonds. The maximum Gasteiger partial charge on any atom is 0.231 e. The minimum atomic E-state index is -0.267. The van der Waals surface area contributed by atoms with Crippen LogP contribution < -0.4 is 5.73 Å². The molecule has 1 atom stereocenters. The van der Waals surface area contributed by atoms with Crippen LogP contribution in [0.25, 0.3) is 0 Å². The molecule has 0 radical (unpaired) electrons. The lowest BCUT2D eigenvalue weighted by molar-refractivity contribution is 0.348. The Balaban J connectivity index is 2.07. The highest BCUT2D eigenvalue weighted by Crippen LogP contribution is 2.23. The summed E-state index contributed by atoms with van der Waals surface area (Å²) in [7, 11) is 3.88.